The lowest BCUT2D eigenvalue weighted by molar-refractivity contribution is -0.136. The fourth-order valence-corrected chi connectivity index (χ4v) is 2.08. The van der Waals surface area contributed by atoms with E-state index in [1.165, 1.54) is 6.92 Å². The van der Waals surface area contributed by atoms with Crippen LogP contribution in [-0.4, -0.2) is 29.7 Å². The second-order valence-corrected chi connectivity index (χ2v) is 5.34. The molecule has 0 rings (SSSR count). The third-order valence-electron chi connectivity index (χ3n) is 2.92. The topological polar surface area (TPSA) is 37.4 Å². The van der Waals surface area contributed by atoms with E-state index < -0.39 is 0 Å². The van der Waals surface area contributed by atoms with Gasteiger partial charge in [0.1, 0.15) is 5.78 Å². The van der Waals surface area contributed by atoms with E-state index in [0.29, 0.717) is 0 Å². The molecule has 15 heavy (non-hydrogen) atoms. The van der Waals surface area contributed by atoms with Gasteiger partial charge in [-0.25, -0.2) is 0 Å². The molecule has 1 amide bonds. The van der Waals surface area contributed by atoms with Gasteiger partial charge in [0.25, 0.3) is 0 Å². The Bertz CT molecular complexity index is 233. The first kappa shape index (κ1) is 14.1. The Morgan fingerprint density at radius 1 is 1.13 bits per heavy atom. The summed E-state index contributed by atoms with van der Waals surface area (Å²) in [6.07, 6.45) is 0. The van der Waals surface area contributed by atoms with E-state index in [0.717, 1.165) is 0 Å². The first-order valence-corrected chi connectivity index (χ1v) is 5.33. The highest BCUT2D eigenvalue weighted by molar-refractivity contribution is 5.80. The molecule has 3 nitrogen and oxygen atoms in total. The molecule has 3 heteroatoms. The molecule has 0 bridgehead atoms. The standard InChI is InChI=1S/C12H23NO2/c1-8(9(2)14)11(12(4,5)6)13(7)10(3)15/h8,11H,1-7H3/t8-,11+/m0/s1. The Morgan fingerprint density at radius 2 is 1.53 bits per heavy atom. The quantitative estimate of drug-likeness (QED) is 0.720. The Labute approximate surface area is 92.8 Å². The highest BCUT2D eigenvalue weighted by Gasteiger charge is 2.36. The van der Waals surface area contributed by atoms with Gasteiger partial charge in [0.15, 0.2) is 0 Å². The van der Waals surface area contributed by atoms with Gasteiger partial charge in [0.2, 0.25) is 5.91 Å². The molecule has 0 aromatic carbocycles. The van der Waals surface area contributed by atoms with E-state index >= 15 is 0 Å². The van der Waals surface area contributed by atoms with Crippen molar-refractivity contribution >= 4 is 11.7 Å². The summed E-state index contributed by atoms with van der Waals surface area (Å²) in [6.45, 7) is 11.2. The van der Waals surface area contributed by atoms with Crippen LogP contribution >= 0.6 is 0 Å². The van der Waals surface area contributed by atoms with Crippen LogP contribution in [0.1, 0.15) is 41.5 Å². The summed E-state index contributed by atoms with van der Waals surface area (Å²) in [7, 11) is 1.76. The van der Waals surface area contributed by atoms with Gasteiger partial charge in [-0.3, -0.25) is 9.59 Å². The van der Waals surface area contributed by atoms with Crippen molar-refractivity contribution in [2.75, 3.05) is 7.05 Å². The van der Waals surface area contributed by atoms with Crippen LogP contribution in [0.3, 0.4) is 0 Å². The molecule has 0 aromatic heterocycles. The van der Waals surface area contributed by atoms with E-state index in [1.807, 2.05) is 6.92 Å². The molecular weight excluding hydrogens is 190 g/mol. The van der Waals surface area contributed by atoms with Gasteiger partial charge < -0.3 is 4.90 Å². The number of carbonyl (C=O) groups is 2. The third kappa shape index (κ3) is 3.65. The zero-order valence-corrected chi connectivity index (χ0v) is 10.9. The molecule has 0 unspecified atom stereocenters. The Morgan fingerprint density at radius 3 is 1.73 bits per heavy atom. The molecule has 0 spiro atoms. The third-order valence-corrected chi connectivity index (χ3v) is 2.92. The van der Waals surface area contributed by atoms with Gasteiger partial charge in [-0.05, 0) is 12.3 Å². The summed E-state index contributed by atoms with van der Waals surface area (Å²) < 4.78 is 0. The predicted molar refractivity (Wildman–Crippen MR) is 61.5 cm³/mol. The van der Waals surface area contributed by atoms with Crippen LogP contribution in [-0.2, 0) is 9.59 Å². The molecule has 0 fully saturated rings. The van der Waals surface area contributed by atoms with Crippen LogP contribution in [0.4, 0.5) is 0 Å². The summed E-state index contributed by atoms with van der Waals surface area (Å²) in [4.78, 5) is 24.5. The molecule has 0 aliphatic heterocycles. The fraction of sp³-hybridized carbons (Fsp3) is 0.833. The number of carbonyl (C=O) groups excluding carboxylic acids is 2. The monoisotopic (exact) mass is 213 g/mol. The smallest absolute Gasteiger partial charge is 0.219 e. The maximum absolute atomic E-state index is 11.4. The molecule has 0 heterocycles. The van der Waals surface area contributed by atoms with E-state index in [-0.39, 0.29) is 29.1 Å². The van der Waals surface area contributed by atoms with Crippen LogP contribution in [0.5, 0.6) is 0 Å². The highest BCUT2D eigenvalue weighted by atomic mass is 16.2. The molecular formula is C12H23NO2. The average molecular weight is 213 g/mol. The molecule has 0 N–H and O–H groups in total. The van der Waals surface area contributed by atoms with Crippen LogP contribution in [0.2, 0.25) is 0 Å². The number of rotatable bonds is 3. The van der Waals surface area contributed by atoms with Crippen molar-refractivity contribution in [3.63, 3.8) is 0 Å². The highest BCUT2D eigenvalue weighted by Crippen LogP contribution is 2.30. The number of amides is 1. The zero-order valence-electron chi connectivity index (χ0n) is 10.9. The molecule has 0 saturated heterocycles. The van der Waals surface area contributed by atoms with Gasteiger partial charge in [-0.2, -0.15) is 0 Å². The number of Topliss-reactive ketones (excluding diaryl/α,β-unsaturated/α-hetero) is 1. The Hall–Kier alpha value is -0.860. The minimum Gasteiger partial charge on any atom is -0.342 e. The van der Waals surface area contributed by atoms with Gasteiger partial charge in [0.05, 0.1) is 0 Å². The van der Waals surface area contributed by atoms with Gasteiger partial charge >= 0.3 is 0 Å². The lowest BCUT2D eigenvalue weighted by Gasteiger charge is -2.40. The van der Waals surface area contributed by atoms with Gasteiger partial charge in [-0.15, -0.1) is 0 Å². The second-order valence-electron chi connectivity index (χ2n) is 5.34. The summed E-state index contributed by atoms with van der Waals surface area (Å²) in [6, 6.07) is -0.0486. The van der Waals surface area contributed by atoms with Crippen molar-refractivity contribution in [1.29, 1.82) is 0 Å². The zero-order chi connectivity index (χ0) is 12.4. The van der Waals surface area contributed by atoms with Crippen molar-refractivity contribution in [3.8, 4) is 0 Å². The van der Waals surface area contributed by atoms with E-state index in [9.17, 15) is 9.59 Å². The van der Waals surface area contributed by atoms with Crippen molar-refractivity contribution < 1.29 is 9.59 Å². The first-order valence-electron chi connectivity index (χ1n) is 5.33. The molecule has 0 aliphatic rings. The fourth-order valence-electron chi connectivity index (χ4n) is 2.08. The van der Waals surface area contributed by atoms with E-state index in [2.05, 4.69) is 20.8 Å². The van der Waals surface area contributed by atoms with Crippen molar-refractivity contribution in [1.82, 2.24) is 4.90 Å². The first-order chi connectivity index (χ1) is 6.59. The molecule has 88 valence electrons. The summed E-state index contributed by atoms with van der Waals surface area (Å²) in [5.41, 5.74) is -0.0918. The van der Waals surface area contributed by atoms with Crippen LogP contribution in [0.25, 0.3) is 0 Å². The lowest BCUT2D eigenvalue weighted by Crippen LogP contribution is -2.49. The maximum Gasteiger partial charge on any atom is 0.219 e. The minimum absolute atomic E-state index is 0.00280. The van der Waals surface area contributed by atoms with Crippen LogP contribution in [0.15, 0.2) is 0 Å². The molecule has 0 saturated carbocycles. The SMILES string of the molecule is CC(=O)[C@H](C)[C@@H](N(C)C(C)=O)C(C)(C)C. The predicted octanol–water partition coefficient (Wildman–Crippen LogP) is 2.10. The number of hydrogen-bond acceptors (Lipinski definition) is 2. The largest absolute Gasteiger partial charge is 0.342 e. The number of hydrogen-bond donors (Lipinski definition) is 0. The molecule has 0 radical (unpaired) electrons. The normalized spacial score (nSPS) is 15.7. The van der Waals surface area contributed by atoms with Crippen molar-refractivity contribution in [2.45, 2.75) is 47.6 Å². The molecule has 0 aliphatic carbocycles. The number of nitrogens with zero attached hydrogens (tertiary/aromatic N) is 1. The maximum atomic E-state index is 11.4. The average Bonchev–Trinajstić information content (AvgIpc) is 2.01. The summed E-state index contributed by atoms with van der Waals surface area (Å²) in [5.74, 6) is 0.00458. The lowest BCUT2D eigenvalue weighted by atomic mass is 9.77. The minimum atomic E-state index is -0.126. The van der Waals surface area contributed by atoms with E-state index in [4.69, 9.17) is 0 Å². The number of ketones is 1. The summed E-state index contributed by atoms with van der Waals surface area (Å²) in [5, 5.41) is 0. The van der Waals surface area contributed by atoms with Gasteiger partial charge in [0, 0.05) is 25.9 Å². The van der Waals surface area contributed by atoms with Gasteiger partial charge in [-0.1, -0.05) is 27.7 Å². The Kier molecular flexibility index (Phi) is 4.50. The van der Waals surface area contributed by atoms with E-state index in [1.54, 1.807) is 18.9 Å². The summed E-state index contributed by atoms with van der Waals surface area (Å²) >= 11 is 0. The van der Waals surface area contributed by atoms with Crippen LogP contribution < -0.4 is 0 Å². The molecule has 0 aromatic rings. The Balaban J connectivity index is 5.07. The van der Waals surface area contributed by atoms with Crippen molar-refractivity contribution in [3.05, 3.63) is 0 Å². The second kappa shape index (κ2) is 4.77. The molecule has 2 atom stereocenters. The van der Waals surface area contributed by atoms with Crippen LogP contribution in [0, 0.1) is 11.3 Å². The van der Waals surface area contributed by atoms with Crippen molar-refractivity contribution in [2.24, 2.45) is 11.3 Å².